The van der Waals surface area contributed by atoms with E-state index >= 15 is 0 Å². The van der Waals surface area contributed by atoms with E-state index in [0.29, 0.717) is 6.17 Å². The van der Waals surface area contributed by atoms with Crippen molar-refractivity contribution < 1.29 is 4.74 Å². The number of hydrogen-bond acceptors (Lipinski definition) is 3. The molecule has 2 aliphatic heterocycles. The van der Waals surface area contributed by atoms with Gasteiger partial charge in [-0.25, -0.2) is 0 Å². The maximum Gasteiger partial charge on any atom is 0.142 e. The van der Waals surface area contributed by atoms with E-state index < -0.39 is 0 Å². The van der Waals surface area contributed by atoms with Crippen molar-refractivity contribution in [1.82, 2.24) is 4.90 Å². The van der Waals surface area contributed by atoms with Gasteiger partial charge in [-0.2, -0.15) is 0 Å². The third-order valence-electron chi connectivity index (χ3n) is 3.38. The summed E-state index contributed by atoms with van der Waals surface area (Å²) in [7, 11) is 1.73. The molecule has 1 aromatic carbocycles. The summed E-state index contributed by atoms with van der Waals surface area (Å²) in [4.78, 5) is 2.50. The predicted octanol–water partition coefficient (Wildman–Crippen LogP) is 2.04. The zero-order valence-electron chi connectivity index (χ0n) is 8.99. The number of fused-ring (bicyclic) bond motifs is 2. The zero-order chi connectivity index (χ0) is 10.3. The predicted molar refractivity (Wildman–Crippen MR) is 60.0 cm³/mol. The van der Waals surface area contributed by atoms with E-state index in [1.54, 1.807) is 7.11 Å². The van der Waals surface area contributed by atoms with Crippen molar-refractivity contribution in [3.63, 3.8) is 0 Å². The molecule has 0 spiro atoms. The number of para-hydroxylation sites is 1. The molecule has 1 aromatic rings. The minimum Gasteiger partial charge on any atom is -0.495 e. The summed E-state index contributed by atoms with van der Waals surface area (Å²) in [5.74, 6) is 0.971. The van der Waals surface area contributed by atoms with Gasteiger partial charge < -0.3 is 10.1 Å². The van der Waals surface area contributed by atoms with E-state index in [0.717, 1.165) is 12.3 Å². The summed E-state index contributed by atoms with van der Waals surface area (Å²) in [6, 6.07) is 6.27. The number of methoxy groups -OCH3 is 1. The lowest BCUT2D eigenvalue weighted by atomic mass is 10.1. The van der Waals surface area contributed by atoms with E-state index in [1.165, 1.54) is 30.6 Å². The highest BCUT2D eigenvalue weighted by atomic mass is 16.5. The van der Waals surface area contributed by atoms with Crippen LogP contribution in [0.5, 0.6) is 5.75 Å². The molecule has 80 valence electrons. The van der Waals surface area contributed by atoms with Crippen LogP contribution in [0.3, 0.4) is 0 Å². The third-order valence-corrected chi connectivity index (χ3v) is 3.38. The Morgan fingerprint density at radius 2 is 2.40 bits per heavy atom. The second-order valence-electron chi connectivity index (χ2n) is 4.27. The maximum atomic E-state index is 5.38. The first-order valence-corrected chi connectivity index (χ1v) is 5.55. The minimum absolute atomic E-state index is 0.522. The molecule has 2 aliphatic rings. The average molecular weight is 204 g/mol. The van der Waals surface area contributed by atoms with Gasteiger partial charge in [0.1, 0.15) is 5.75 Å². The van der Waals surface area contributed by atoms with Crippen LogP contribution in [0.25, 0.3) is 0 Å². The van der Waals surface area contributed by atoms with E-state index in [1.807, 2.05) is 6.07 Å². The van der Waals surface area contributed by atoms with E-state index in [4.69, 9.17) is 4.74 Å². The Morgan fingerprint density at radius 1 is 1.47 bits per heavy atom. The van der Waals surface area contributed by atoms with Gasteiger partial charge in [0.15, 0.2) is 0 Å². The van der Waals surface area contributed by atoms with Crippen LogP contribution in [0.15, 0.2) is 18.2 Å². The van der Waals surface area contributed by atoms with Gasteiger partial charge >= 0.3 is 0 Å². The summed E-state index contributed by atoms with van der Waals surface area (Å²) in [5.41, 5.74) is 2.55. The molecular formula is C12H16N2O. The Bertz CT molecular complexity index is 378. The molecule has 15 heavy (non-hydrogen) atoms. The summed E-state index contributed by atoms with van der Waals surface area (Å²) >= 11 is 0. The quantitative estimate of drug-likeness (QED) is 0.757. The van der Waals surface area contributed by atoms with Crippen molar-refractivity contribution in [3.8, 4) is 5.75 Å². The van der Waals surface area contributed by atoms with Gasteiger partial charge in [-0.05, 0) is 24.5 Å². The van der Waals surface area contributed by atoms with Crippen LogP contribution in [0.4, 0.5) is 5.69 Å². The lowest BCUT2D eigenvalue weighted by molar-refractivity contribution is 0.255. The first-order valence-electron chi connectivity index (χ1n) is 5.55. The summed E-state index contributed by atoms with van der Waals surface area (Å²) < 4.78 is 5.38. The lowest BCUT2D eigenvalue weighted by Crippen LogP contribution is -2.39. The fourth-order valence-corrected chi connectivity index (χ4v) is 2.61. The molecule has 3 rings (SSSR count). The summed E-state index contributed by atoms with van der Waals surface area (Å²) in [5, 5.41) is 3.58. The van der Waals surface area contributed by atoms with Crippen LogP contribution in [0.2, 0.25) is 0 Å². The third kappa shape index (κ3) is 1.38. The first kappa shape index (κ1) is 9.04. The lowest BCUT2D eigenvalue weighted by Gasteiger charge is -2.33. The molecule has 1 fully saturated rings. The van der Waals surface area contributed by atoms with Gasteiger partial charge in [0.05, 0.1) is 19.0 Å². The van der Waals surface area contributed by atoms with Gasteiger partial charge in [0.2, 0.25) is 0 Å². The SMILES string of the molecule is COc1cccc2c1NC1CCCN1C2. The molecule has 0 aliphatic carbocycles. The number of ether oxygens (including phenoxy) is 1. The van der Waals surface area contributed by atoms with Crippen LogP contribution < -0.4 is 10.1 Å². The van der Waals surface area contributed by atoms with Gasteiger partial charge in [0.25, 0.3) is 0 Å². The molecule has 0 saturated carbocycles. The van der Waals surface area contributed by atoms with E-state index in [2.05, 4.69) is 22.3 Å². The van der Waals surface area contributed by atoms with Crippen molar-refractivity contribution in [2.45, 2.75) is 25.6 Å². The van der Waals surface area contributed by atoms with Crippen molar-refractivity contribution in [3.05, 3.63) is 23.8 Å². The summed E-state index contributed by atoms with van der Waals surface area (Å²) in [6.45, 7) is 2.28. The number of anilines is 1. The van der Waals surface area contributed by atoms with Gasteiger partial charge in [-0.1, -0.05) is 12.1 Å². The molecule has 3 heteroatoms. The smallest absolute Gasteiger partial charge is 0.142 e. The number of hydrogen-bond donors (Lipinski definition) is 1. The molecule has 0 amide bonds. The topological polar surface area (TPSA) is 24.5 Å². The van der Waals surface area contributed by atoms with Crippen LogP contribution >= 0.6 is 0 Å². The average Bonchev–Trinajstić information content (AvgIpc) is 2.72. The molecule has 1 saturated heterocycles. The fraction of sp³-hybridized carbons (Fsp3) is 0.500. The minimum atomic E-state index is 0.522. The number of benzene rings is 1. The van der Waals surface area contributed by atoms with Gasteiger partial charge in [0, 0.05) is 13.1 Å². The molecule has 1 N–H and O–H groups in total. The Hall–Kier alpha value is -1.22. The van der Waals surface area contributed by atoms with Crippen LogP contribution in [-0.2, 0) is 6.54 Å². The molecule has 1 unspecified atom stereocenters. The normalized spacial score (nSPS) is 24.2. The Morgan fingerprint density at radius 3 is 3.27 bits per heavy atom. The highest BCUT2D eigenvalue weighted by molar-refractivity contribution is 5.63. The van der Waals surface area contributed by atoms with Crippen molar-refractivity contribution >= 4 is 5.69 Å². The van der Waals surface area contributed by atoms with Crippen molar-refractivity contribution in [2.75, 3.05) is 19.0 Å². The van der Waals surface area contributed by atoms with E-state index in [-0.39, 0.29) is 0 Å². The maximum absolute atomic E-state index is 5.38. The largest absolute Gasteiger partial charge is 0.495 e. The molecule has 0 radical (unpaired) electrons. The Kier molecular flexibility index (Phi) is 2.06. The van der Waals surface area contributed by atoms with Gasteiger partial charge in [-0.15, -0.1) is 0 Å². The summed E-state index contributed by atoms with van der Waals surface area (Å²) in [6.07, 6.45) is 3.07. The number of nitrogens with one attached hydrogen (secondary N) is 1. The fourth-order valence-electron chi connectivity index (χ4n) is 2.61. The van der Waals surface area contributed by atoms with Crippen LogP contribution in [0.1, 0.15) is 18.4 Å². The highest BCUT2D eigenvalue weighted by Crippen LogP contribution is 2.36. The Balaban J connectivity index is 1.99. The number of nitrogens with zero attached hydrogens (tertiary/aromatic N) is 1. The molecular weight excluding hydrogens is 188 g/mol. The monoisotopic (exact) mass is 204 g/mol. The first-order chi connectivity index (χ1) is 7.38. The second kappa shape index (κ2) is 3.42. The molecule has 0 bridgehead atoms. The number of rotatable bonds is 1. The molecule has 1 atom stereocenters. The molecule has 3 nitrogen and oxygen atoms in total. The van der Waals surface area contributed by atoms with Crippen molar-refractivity contribution in [2.24, 2.45) is 0 Å². The Labute approximate surface area is 90.0 Å². The van der Waals surface area contributed by atoms with Crippen LogP contribution in [0, 0.1) is 0 Å². The van der Waals surface area contributed by atoms with E-state index in [9.17, 15) is 0 Å². The molecule has 0 aromatic heterocycles. The van der Waals surface area contributed by atoms with Gasteiger partial charge in [-0.3, -0.25) is 4.90 Å². The highest BCUT2D eigenvalue weighted by Gasteiger charge is 2.30. The standard InChI is InChI=1S/C12H16N2O/c1-15-10-5-2-4-9-8-14-7-3-6-11(14)13-12(9)10/h2,4-5,11,13H,3,6-8H2,1H3. The van der Waals surface area contributed by atoms with Crippen molar-refractivity contribution in [1.29, 1.82) is 0 Å². The zero-order valence-corrected chi connectivity index (χ0v) is 8.99. The van der Waals surface area contributed by atoms with Crippen LogP contribution in [-0.4, -0.2) is 24.7 Å². The molecule has 2 heterocycles. The second-order valence-corrected chi connectivity index (χ2v) is 4.27.